The van der Waals surface area contributed by atoms with E-state index in [1.165, 1.54) is 25.7 Å². The molecular formula is C18H35N3O. The normalized spacial score (nSPS) is 29.9. The average molecular weight is 309 g/mol. The predicted molar refractivity (Wildman–Crippen MR) is 91.9 cm³/mol. The van der Waals surface area contributed by atoms with Crippen molar-refractivity contribution in [1.82, 2.24) is 15.5 Å². The number of rotatable bonds is 5. The van der Waals surface area contributed by atoms with Crippen LogP contribution in [0.15, 0.2) is 0 Å². The van der Waals surface area contributed by atoms with Crippen LogP contribution in [0.2, 0.25) is 0 Å². The molecule has 4 nitrogen and oxygen atoms in total. The van der Waals surface area contributed by atoms with Gasteiger partial charge in [0, 0.05) is 18.6 Å². The van der Waals surface area contributed by atoms with Crippen molar-refractivity contribution in [1.29, 1.82) is 0 Å². The van der Waals surface area contributed by atoms with Crippen LogP contribution in [0.5, 0.6) is 0 Å². The van der Waals surface area contributed by atoms with Gasteiger partial charge in [0.05, 0.1) is 6.04 Å². The highest BCUT2D eigenvalue weighted by Gasteiger charge is 2.40. The first kappa shape index (κ1) is 17.7. The summed E-state index contributed by atoms with van der Waals surface area (Å²) in [5, 5.41) is 6.43. The lowest BCUT2D eigenvalue weighted by Crippen LogP contribution is -2.57. The highest BCUT2D eigenvalue weighted by molar-refractivity contribution is 5.82. The summed E-state index contributed by atoms with van der Waals surface area (Å²) in [7, 11) is 2.00. The van der Waals surface area contributed by atoms with Crippen molar-refractivity contribution in [2.45, 2.75) is 70.9 Å². The van der Waals surface area contributed by atoms with Crippen molar-refractivity contribution in [3.63, 3.8) is 0 Å². The minimum Gasteiger partial charge on any atom is -0.350 e. The lowest BCUT2D eigenvalue weighted by Gasteiger charge is -2.46. The number of amides is 1. The standard InChI is InChI=1S/C18H35N3O/c1-18(2,3)20-17(22)16-12-14-8-5-6-9-15(14)13-21(16)11-7-10-19-4/h14-16,19H,5-13H2,1-4H3,(H,20,22)/t14?,15?,16-/m0/s1. The second-order valence-corrected chi connectivity index (χ2v) is 8.25. The van der Waals surface area contributed by atoms with Gasteiger partial charge < -0.3 is 10.6 Å². The molecular weight excluding hydrogens is 274 g/mol. The van der Waals surface area contributed by atoms with Crippen LogP contribution in [0.1, 0.15) is 59.3 Å². The topological polar surface area (TPSA) is 44.4 Å². The molecule has 0 bridgehead atoms. The molecule has 2 unspecified atom stereocenters. The molecule has 2 N–H and O–H groups in total. The zero-order chi connectivity index (χ0) is 16.2. The molecule has 2 aliphatic rings. The van der Waals surface area contributed by atoms with E-state index >= 15 is 0 Å². The van der Waals surface area contributed by atoms with Gasteiger partial charge in [-0.05, 0) is 65.5 Å². The highest BCUT2D eigenvalue weighted by Crippen LogP contribution is 2.38. The molecule has 22 heavy (non-hydrogen) atoms. The monoisotopic (exact) mass is 309 g/mol. The van der Waals surface area contributed by atoms with Crippen LogP contribution in [0.25, 0.3) is 0 Å². The number of nitrogens with one attached hydrogen (secondary N) is 2. The molecule has 1 heterocycles. The molecule has 2 rings (SSSR count). The fourth-order valence-electron chi connectivity index (χ4n) is 4.13. The first-order valence-corrected chi connectivity index (χ1v) is 9.11. The van der Waals surface area contributed by atoms with Gasteiger partial charge >= 0.3 is 0 Å². The maximum absolute atomic E-state index is 12.8. The summed E-state index contributed by atoms with van der Waals surface area (Å²) in [6.07, 6.45) is 7.60. The molecule has 1 saturated carbocycles. The molecule has 0 aromatic heterocycles. The van der Waals surface area contributed by atoms with Gasteiger partial charge in [-0.2, -0.15) is 0 Å². The first-order valence-electron chi connectivity index (χ1n) is 9.11. The van der Waals surface area contributed by atoms with E-state index in [0.29, 0.717) is 0 Å². The van der Waals surface area contributed by atoms with Gasteiger partial charge in [0.1, 0.15) is 0 Å². The third-order valence-electron chi connectivity index (χ3n) is 5.18. The molecule has 0 radical (unpaired) electrons. The van der Waals surface area contributed by atoms with Gasteiger partial charge in [-0.1, -0.05) is 19.3 Å². The van der Waals surface area contributed by atoms with Gasteiger partial charge in [-0.15, -0.1) is 0 Å². The molecule has 1 amide bonds. The summed E-state index contributed by atoms with van der Waals surface area (Å²) in [6.45, 7) is 9.40. The molecule has 0 aromatic rings. The Morgan fingerprint density at radius 3 is 2.50 bits per heavy atom. The van der Waals surface area contributed by atoms with E-state index in [2.05, 4.69) is 36.3 Å². The van der Waals surface area contributed by atoms with Crippen molar-refractivity contribution < 1.29 is 4.79 Å². The van der Waals surface area contributed by atoms with Crippen LogP contribution in [-0.2, 0) is 4.79 Å². The summed E-state index contributed by atoms with van der Waals surface area (Å²) in [5.41, 5.74) is -0.142. The molecule has 1 saturated heterocycles. The predicted octanol–water partition coefficient (Wildman–Crippen LogP) is 2.39. The number of piperidine rings is 1. The Hall–Kier alpha value is -0.610. The van der Waals surface area contributed by atoms with E-state index in [9.17, 15) is 4.79 Å². The van der Waals surface area contributed by atoms with Crippen molar-refractivity contribution in [2.24, 2.45) is 11.8 Å². The van der Waals surface area contributed by atoms with E-state index in [0.717, 1.165) is 44.3 Å². The average Bonchev–Trinajstić information content (AvgIpc) is 2.45. The van der Waals surface area contributed by atoms with Crippen LogP contribution in [0.3, 0.4) is 0 Å². The van der Waals surface area contributed by atoms with Crippen LogP contribution < -0.4 is 10.6 Å². The Kier molecular flexibility index (Phi) is 6.27. The molecule has 128 valence electrons. The van der Waals surface area contributed by atoms with Gasteiger partial charge in [-0.3, -0.25) is 9.69 Å². The Morgan fingerprint density at radius 2 is 1.86 bits per heavy atom. The fraction of sp³-hybridized carbons (Fsp3) is 0.944. The fourth-order valence-corrected chi connectivity index (χ4v) is 4.13. The quantitative estimate of drug-likeness (QED) is 0.767. The molecule has 0 spiro atoms. The van der Waals surface area contributed by atoms with E-state index in [1.54, 1.807) is 0 Å². The molecule has 2 fully saturated rings. The summed E-state index contributed by atoms with van der Waals surface area (Å²) in [4.78, 5) is 15.2. The summed E-state index contributed by atoms with van der Waals surface area (Å²) < 4.78 is 0. The smallest absolute Gasteiger partial charge is 0.237 e. The summed E-state index contributed by atoms with van der Waals surface area (Å²) >= 11 is 0. The lowest BCUT2D eigenvalue weighted by atomic mass is 9.72. The van der Waals surface area contributed by atoms with Crippen molar-refractivity contribution in [2.75, 3.05) is 26.7 Å². The minimum absolute atomic E-state index is 0.0791. The van der Waals surface area contributed by atoms with E-state index < -0.39 is 0 Å². The van der Waals surface area contributed by atoms with Crippen molar-refractivity contribution >= 4 is 5.91 Å². The molecule has 1 aliphatic heterocycles. The maximum atomic E-state index is 12.8. The number of carbonyl (C=O) groups is 1. The van der Waals surface area contributed by atoms with E-state index in [-0.39, 0.29) is 17.5 Å². The largest absolute Gasteiger partial charge is 0.350 e. The van der Waals surface area contributed by atoms with Gasteiger partial charge in [0.25, 0.3) is 0 Å². The zero-order valence-corrected chi connectivity index (χ0v) is 15.0. The number of hydrogen-bond donors (Lipinski definition) is 2. The molecule has 3 atom stereocenters. The van der Waals surface area contributed by atoms with Crippen LogP contribution in [-0.4, -0.2) is 49.1 Å². The zero-order valence-electron chi connectivity index (χ0n) is 15.0. The van der Waals surface area contributed by atoms with Crippen LogP contribution in [0, 0.1) is 11.8 Å². The number of fused-ring (bicyclic) bond motifs is 1. The third kappa shape index (κ3) is 4.95. The van der Waals surface area contributed by atoms with E-state index in [1.807, 2.05) is 7.05 Å². The number of nitrogens with zero attached hydrogens (tertiary/aromatic N) is 1. The molecule has 4 heteroatoms. The van der Waals surface area contributed by atoms with Crippen LogP contribution in [0.4, 0.5) is 0 Å². The Bertz CT molecular complexity index is 364. The number of carbonyl (C=O) groups excluding carboxylic acids is 1. The summed E-state index contributed by atoms with van der Waals surface area (Å²) in [5.74, 6) is 1.83. The Balaban J connectivity index is 2.02. The lowest BCUT2D eigenvalue weighted by molar-refractivity contribution is -0.131. The Morgan fingerprint density at radius 1 is 1.18 bits per heavy atom. The Labute approximate surface area is 136 Å². The van der Waals surface area contributed by atoms with Crippen LogP contribution >= 0.6 is 0 Å². The van der Waals surface area contributed by atoms with Gasteiger partial charge in [0.15, 0.2) is 0 Å². The molecule has 0 aromatic carbocycles. The summed E-state index contributed by atoms with van der Waals surface area (Å²) in [6, 6.07) is 0.0791. The minimum atomic E-state index is -0.142. The SMILES string of the molecule is CNCCCN1CC2CCCCC2C[C@H]1C(=O)NC(C)(C)C. The van der Waals surface area contributed by atoms with Gasteiger partial charge in [-0.25, -0.2) is 0 Å². The highest BCUT2D eigenvalue weighted by atomic mass is 16.2. The van der Waals surface area contributed by atoms with Gasteiger partial charge in [0.2, 0.25) is 5.91 Å². The second-order valence-electron chi connectivity index (χ2n) is 8.25. The first-order chi connectivity index (χ1) is 10.4. The third-order valence-corrected chi connectivity index (χ3v) is 5.18. The number of likely N-dealkylation sites (tertiary alicyclic amines) is 1. The van der Waals surface area contributed by atoms with E-state index in [4.69, 9.17) is 0 Å². The molecule has 1 aliphatic carbocycles. The second kappa shape index (κ2) is 7.78. The maximum Gasteiger partial charge on any atom is 0.237 e. The number of hydrogen-bond acceptors (Lipinski definition) is 3. The van der Waals surface area contributed by atoms with Crippen molar-refractivity contribution in [3.05, 3.63) is 0 Å². The van der Waals surface area contributed by atoms with Crippen molar-refractivity contribution in [3.8, 4) is 0 Å².